The van der Waals surface area contributed by atoms with Crippen molar-refractivity contribution < 1.29 is 9.21 Å². The summed E-state index contributed by atoms with van der Waals surface area (Å²) >= 11 is 11.6. The molecule has 1 aromatic heterocycles. The quantitative estimate of drug-likeness (QED) is 0.438. The van der Waals surface area contributed by atoms with Gasteiger partial charge in [0.05, 0.1) is 6.26 Å². The van der Waals surface area contributed by atoms with Crippen LogP contribution in [-0.2, 0) is 0 Å². The number of halogens is 1. The molecule has 144 valence electrons. The van der Waals surface area contributed by atoms with Gasteiger partial charge in [0, 0.05) is 28.1 Å². The van der Waals surface area contributed by atoms with Gasteiger partial charge in [0.15, 0.2) is 10.9 Å². The number of amides is 1. The molecule has 28 heavy (non-hydrogen) atoms. The minimum Gasteiger partial charge on any atom is -0.459 e. The first-order valence-corrected chi connectivity index (χ1v) is 9.29. The summed E-state index contributed by atoms with van der Waals surface area (Å²) in [6.07, 6.45) is 1.45. The van der Waals surface area contributed by atoms with E-state index < -0.39 is 0 Å². The zero-order chi connectivity index (χ0) is 20.1. The maximum Gasteiger partial charge on any atom is 0.291 e. The number of anilines is 3. The van der Waals surface area contributed by atoms with Crippen molar-refractivity contribution in [3.05, 3.63) is 77.2 Å². The minimum absolute atomic E-state index is 0.140. The molecule has 1 amide bonds. The molecule has 6 nitrogen and oxygen atoms in total. The highest BCUT2D eigenvalue weighted by molar-refractivity contribution is 7.80. The van der Waals surface area contributed by atoms with Crippen molar-refractivity contribution in [1.29, 1.82) is 0 Å². The summed E-state index contributed by atoms with van der Waals surface area (Å²) in [4.78, 5) is 12.0. The van der Waals surface area contributed by atoms with Crippen molar-refractivity contribution in [2.24, 2.45) is 5.73 Å². The lowest BCUT2D eigenvalue weighted by atomic mass is 10.1. The summed E-state index contributed by atoms with van der Waals surface area (Å²) in [5.74, 6) is -0.0590. The smallest absolute Gasteiger partial charge is 0.291 e. The largest absolute Gasteiger partial charge is 0.459 e. The highest BCUT2D eigenvalue weighted by Crippen LogP contribution is 2.25. The number of hydrogen-bond donors (Lipinski definition) is 4. The Morgan fingerprint density at radius 3 is 2.21 bits per heavy atom. The number of hydrogen-bond acceptors (Lipinski definition) is 4. The molecule has 0 fully saturated rings. The standard InChI is InChI=1S/C20H19ClN4O2S/c1-12(22)16-9-8-15(11-17(16)21)25-20(28)24-14-6-4-13(5-7-14)23-19(26)18-3-2-10-27-18/h2-12H,22H2,1H3,(H,23,26)(H2,24,25,28). The van der Waals surface area contributed by atoms with Crippen molar-refractivity contribution in [3.63, 3.8) is 0 Å². The van der Waals surface area contributed by atoms with Gasteiger partial charge in [-0.05, 0) is 73.2 Å². The molecule has 0 saturated heterocycles. The Morgan fingerprint density at radius 1 is 1.04 bits per heavy atom. The van der Waals surface area contributed by atoms with Gasteiger partial charge in [0.25, 0.3) is 5.91 Å². The molecule has 0 spiro atoms. The number of nitrogens with one attached hydrogen (secondary N) is 3. The molecule has 5 N–H and O–H groups in total. The lowest BCUT2D eigenvalue weighted by Gasteiger charge is -2.13. The third-order valence-corrected chi connectivity index (χ3v) is 4.43. The fraction of sp³-hybridized carbons (Fsp3) is 0.100. The van der Waals surface area contributed by atoms with Crippen molar-refractivity contribution in [1.82, 2.24) is 0 Å². The number of rotatable bonds is 5. The number of thiocarbonyl (C=S) groups is 1. The van der Waals surface area contributed by atoms with E-state index in [-0.39, 0.29) is 17.7 Å². The summed E-state index contributed by atoms with van der Waals surface area (Å²) in [7, 11) is 0. The van der Waals surface area contributed by atoms with E-state index in [2.05, 4.69) is 16.0 Å². The van der Waals surface area contributed by atoms with E-state index in [1.807, 2.05) is 19.1 Å². The van der Waals surface area contributed by atoms with Gasteiger partial charge in [-0.1, -0.05) is 17.7 Å². The Kier molecular flexibility index (Phi) is 6.30. The van der Waals surface area contributed by atoms with Crippen LogP contribution in [-0.4, -0.2) is 11.0 Å². The van der Waals surface area contributed by atoms with Crippen LogP contribution in [0, 0.1) is 0 Å². The molecular weight excluding hydrogens is 396 g/mol. The second kappa shape index (κ2) is 8.88. The van der Waals surface area contributed by atoms with Crippen LogP contribution < -0.4 is 21.7 Å². The van der Waals surface area contributed by atoms with Gasteiger partial charge < -0.3 is 26.1 Å². The van der Waals surface area contributed by atoms with Gasteiger partial charge in [0.2, 0.25) is 0 Å². The fourth-order valence-electron chi connectivity index (χ4n) is 2.50. The number of furan rings is 1. The number of benzene rings is 2. The highest BCUT2D eigenvalue weighted by Gasteiger charge is 2.09. The van der Waals surface area contributed by atoms with E-state index in [0.29, 0.717) is 15.8 Å². The zero-order valence-electron chi connectivity index (χ0n) is 15.0. The molecular formula is C20H19ClN4O2S. The third-order valence-electron chi connectivity index (χ3n) is 3.89. The third kappa shape index (κ3) is 5.10. The average Bonchev–Trinajstić information content (AvgIpc) is 3.18. The van der Waals surface area contributed by atoms with E-state index >= 15 is 0 Å². The van der Waals surface area contributed by atoms with Crippen LogP contribution in [0.25, 0.3) is 0 Å². The van der Waals surface area contributed by atoms with E-state index in [0.717, 1.165) is 16.9 Å². The summed E-state index contributed by atoms with van der Waals surface area (Å²) in [5.41, 5.74) is 8.91. The van der Waals surface area contributed by atoms with Crippen molar-refractivity contribution in [2.75, 3.05) is 16.0 Å². The normalized spacial score (nSPS) is 11.5. The van der Waals surface area contributed by atoms with Crippen LogP contribution in [0.2, 0.25) is 5.02 Å². The van der Waals surface area contributed by atoms with Crippen LogP contribution in [0.3, 0.4) is 0 Å². The molecule has 8 heteroatoms. The summed E-state index contributed by atoms with van der Waals surface area (Å²) in [6, 6.07) is 15.8. The molecule has 3 aromatic rings. The van der Waals surface area contributed by atoms with E-state index in [1.54, 1.807) is 42.5 Å². The van der Waals surface area contributed by atoms with Gasteiger partial charge in [-0.2, -0.15) is 0 Å². The first kappa shape index (κ1) is 19.9. The molecule has 0 saturated carbocycles. The van der Waals surface area contributed by atoms with Crippen molar-refractivity contribution >= 4 is 51.9 Å². The summed E-state index contributed by atoms with van der Waals surface area (Å²) in [6.45, 7) is 1.88. The predicted octanol–water partition coefficient (Wildman–Crippen LogP) is 5.01. The molecule has 0 aliphatic rings. The SMILES string of the molecule is CC(N)c1ccc(NC(=S)Nc2ccc(NC(=O)c3ccco3)cc2)cc1Cl. The van der Waals surface area contributed by atoms with Crippen LogP contribution in [0.15, 0.2) is 65.3 Å². The predicted molar refractivity (Wildman–Crippen MR) is 117 cm³/mol. The number of nitrogens with two attached hydrogens (primary N) is 1. The van der Waals surface area contributed by atoms with E-state index in [9.17, 15) is 4.79 Å². The van der Waals surface area contributed by atoms with Crippen LogP contribution in [0.4, 0.5) is 17.1 Å². The molecule has 3 rings (SSSR count). The van der Waals surface area contributed by atoms with Gasteiger partial charge >= 0.3 is 0 Å². The topological polar surface area (TPSA) is 92.3 Å². The molecule has 2 aromatic carbocycles. The highest BCUT2D eigenvalue weighted by atomic mass is 35.5. The minimum atomic E-state index is -0.310. The second-order valence-electron chi connectivity index (χ2n) is 6.11. The molecule has 0 aliphatic heterocycles. The molecule has 0 aliphatic carbocycles. The fourth-order valence-corrected chi connectivity index (χ4v) is 3.09. The van der Waals surface area contributed by atoms with Crippen LogP contribution in [0.5, 0.6) is 0 Å². The van der Waals surface area contributed by atoms with Gasteiger partial charge in [0.1, 0.15) is 0 Å². The lowest BCUT2D eigenvalue weighted by Crippen LogP contribution is -2.19. The van der Waals surface area contributed by atoms with Gasteiger partial charge in [-0.15, -0.1) is 0 Å². The summed E-state index contributed by atoms with van der Waals surface area (Å²) in [5, 5.41) is 9.90. The molecule has 1 heterocycles. The van der Waals surface area contributed by atoms with Gasteiger partial charge in [-0.25, -0.2) is 0 Å². The number of carbonyl (C=O) groups excluding carboxylic acids is 1. The Morgan fingerprint density at radius 2 is 1.64 bits per heavy atom. The second-order valence-corrected chi connectivity index (χ2v) is 6.93. The molecule has 0 radical (unpaired) electrons. The molecule has 0 bridgehead atoms. The Labute approximate surface area is 173 Å². The van der Waals surface area contributed by atoms with Gasteiger partial charge in [-0.3, -0.25) is 4.79 Å². The van der Waals surface area contributed by atoms with Crippen LogP contribution in [0.1, 0.15) is 29.1 Å². The molecule has 1 atom stereocenters. The lowest BCUT2D eigenvalue weighted by molar-refractivity contribution is 0.0996. The Balaban J connectivity index is 1.57. The first-order valence-electron chi connectivity index (χ1n) is 8.50. The van der Waals surface area contributed by atoms with E-state index in [1.165, 1.54) is 6.26 Å². The van der Waals surface area contributed by atoms with Crippen LogP contribution >= 0.6 is 23.8 Å². The average molecular weight is 415 g/mol. The van der Waals surface area contributed by atoms with E-state index in [4.69, 9.17) is 34.0 Å². The summed E-state index contributed by atoms with van der Waals surface area (Å²) < 4.78 is 5.06. The first-order chi connectivity index (χ1) is 13.4. The van der Waals surface area contributed by atoms with Crippen molar-refractivity contribution in [3.8, 4) is 0 Å². The monoisotopic (exact) mass is 414 g/mol. The Hall–Kier alpha value is -2.87. The Bertz CT molecular complexity index is 972. The maximum absolute atomic E-state index is 12.0. The zero-order valence-corrected chi connectivity index (χ0v) is 16.6. The number of carbonyl (C=O) groups is 1. The maximum atomic E-state index is 12.0. The van der Waals surface area contributed by atoms with Crippen molar-refractivity contribution in [2.45, 2.75) is 13.0 Å². The molecule has 1 unspecified atom stereocenters.